The first kappa shape index (κ1) is 13.0. The summed E-state index contributed by atoms with van der Waals surface area (Å²) in [6.45, 7) is 2.57. The summed E-state index contributed by atoms with van der Waals surface area (Å²) in [5.41, 5.74) is 6.89. The number of aromatic nitrogens is 1. The van der Waals surface area contributed by atoms with Crippen molar-refractivity contribution in [3.05, 3.63) is 29.6 Å². The fourth-order valence-corrected chi connectivity index (χ4v) is 1.39. The molecule has 0 radical (unpaired) electrons. The second-order valence-electron chi connectivity index (χ2n) is 3.69. The van der Waals surface area contributed by atoms with E-state index in [0.29, 0.717) is 18.7 Å². The Morgan fingerprint density at radius 1 is 1.76 bits per heavy atom. The maximum Gasteiger partial charge on any atom is 0.189 e. The minimum Gasteiger partial charge on any atom is -0.409 e. The molecule has 1 aromatic heterocycles. The number of amidine groups is 1. The van der Waals surface area contributed by atoms with E-state index in [1.807, 2.05) is 13.0 Å². The maximum atomic E-state index is 8.65. The SMILES string of the molecule is C#CCC(C)NCc1cccnc1/C(N)=N/O. The van der Waals surface area contributed by atoms with Crippen LogP contribution in [0.1, 0.15) is 24.6 Å². The zero-order valence-corrected chi connectivity index (χ0v) is 9.72. The second-order valence-corrected chi connectivity index (χ2v) is 3.69. The number of nitrogens with zero attached hydrogens (tertiary/aromatic N) is 2. The van der Waals surface area contributed by atoms with Crippen LogP contribution in [0.4, 0.5) is 0 Å². The van der Waals surface area contributed by atoms with Gasteiger partial charge < -0.3 is 16.3 Å². The minimum absolute atomic E-state index is 0.00648. The molecule has 0 aliphatic heterocycles. The van der Waals surface area contributed by atoms with Gasteiger partial charge in [-0.1, -0.05) is 11.2 Å². The molecular formula is C12H16N4O. The monoisotopic (exact) mass is 232 g/mol. The maximum absolute atomic E-state index is 8.65. The Labute approximate surface area is 101 Å². The van der Waals surface area contributed by atoms with E-state index >= 15 is 0 Å². The molecule has 5 heteroatoms. The molecule has 4 N–H and O–H groups in total. The molecule has 0 bridgehead atoms. The average Bonchev–Trinajstić information content (AvgIpc) is 2.36. The number of terminal acetylenes is 1. The van der Waals surface area contributed by atoms with Gasteiger partial charge in [0.25, 0.3) is 0 Å². The summed E-state index contributed by atoms with van der Waals surface area (Å²) in [6, 6.07) is 3.88. The number of rotatable bonds is 5. The Bertz CT molecular complexity index is 436. The Morgan fingerprint density at radius 3 is 3.18 bits per heavy atom. The first-order valence-corrected chi connectivity index (χ1v) is 5.27. The normalized spacial score (nSPS) is 13.1. The van der Waals surface area contributed by atoms with Gasteiger partial charge in [-0.15, -0.1) is 12.3 Å². The Morgan fingerprint density at radius 2 is 2.53 bits per heavy atom. The highest BCUT2D eigenvalue weighted by Crippen LogP contribution is 2.05. The van der Waals surface area contributed by atoms with Gasteiger partial charge in [-0.3, -0.25) is 4.98 Å². The van der Waals surface area contributed by atoms with E-state index in [2.05, 4.69) is 21.4 Å². The van der Waals surface area contributed by atoms with Crippen molar-refractivity contribution in [2.75, 3.05) is 0 Å². The smallest absolute Gasteiger partial charge is 0.189 e. The number of hydrogen-bond acceptors (Lipinski definition) is 4. The van der Waals surface area contributed by atoms with Crippen molar-refractivity contribution in [1.82, 2.24) is 10.3 Å². The lowest BCUT2D eigenvalue weighted by atomic mass is 10.1. The summed E-state index contributed by atoms with van der Waals surface area (Å²) in [7, 11) is 0. The molecule has 0 fully saturated rings. The lowest BCUT2D eigenvalue weighted by Crippen LogP contribution is -2.27. The quantitative estimate of drug-likeness (QED) is 0.229. The van der Waals surface area contributed by atoms with Crippen molar-refractivity contribution >= 4 is 5.84 Å². The van der Waals surface area contributed by atoms with Crippen LogP contribution in [0.15, 0.2) is 23.5 Å². The van der Waals surface area contributed by atoms with Crippen LogP contribution in [0.25, 0.3) is 0 Å². The summed E-state index contributed by atoms with van der Waals surface area (Å²) in [6.07, 6.45) is 7.47. The fraction of sp³-hybridized carbons (Fsp3) is 0.333. The Hall–Kier alpha value is -2.06. The molecule has 0 aliphatic carbocycles. The number of nitrogens with two attached hydrogens (primary N) is 1. The van der Waals surface area contributed by atoms with Gasteiger partial charge in [-0.05, 0) is 18.6 Å². The Balaban J connectivity index is 2.75. The summed E-state index contributed by atoms with van der Waals surface area (Å²) >= 11 is 0. The van der Waals surface area contributed by atoms with Crippen LogP contribution in [0, 0.1) is 12.3 Å². The van der Waals surface area contributed by atoms with Crippen LogP contribution < -0.4 is 11.1 Å². The first-order chi connectivity index (χ1) is 8.19. The molecule has 5 nitrogen and oxygen atoms in total. The number of hydrogen-bond donors (Lipinski definition) is 3. The summed E-state index contributed by atoms with van der Waals surface area (Å²) in [4.78, 5) is 4.08. The highest BCUT2D eigenvalue weighted by molar-refractivity contribution is 5.96. The van der Waals surface area contributed by atoms with E-state index in [0.717, 1.165) is 5.56 Å². The van der Waals surface area contributed by atoms with E-state index in [9.17, 15) is 0 Å². The highest BCUT2D eigenvalue weighted by Gasteiger charge is 2.08. The van der Waals surface area contributed by atoms with Gasteiger partial charge in [-0.2, -0.15) is 0 Å². The Kier molecular flexibility index (Phi) is 4.98. The van der Waals surface area contributed by atoms with Crippen molar-refractivity contribution < 1.29 is 5.21 Å². The molecule has 1 rings (SSSR count). The summed E-state index contributed by atoms with van der Waals surface area (Å²) in [5, 5.41) is 14.8. The predicted octanol–water partition coefficient (Wildman–Crippen LogP) is 0.677. The molecule has 0 aromatic carbocycles. The summed E-state index contributed by atoms with van der Waals surface area (Å²) < 4.78 is 0. The molecule has 1 aromatic rings. The van der Waals surface area contributed by atoms with Gasteiger partial charge in [0.1, 0.15) is 5.69 Å². The van der Waals surface area contributed by atoms with E-state index in [4.69, 9.17) is 17.4 Å². The number of oxime groups is 1. The van der Waals surface area contributed by atoms with Crippen molar-refractivity contribution in [3.8, 4) is 12.3 Å². The van der Waals surface area contributed by atoms with Gasteiger partial charge in [0.15, 0.2) is 5.84 Å². The van der Waals surface area contributed by atoms with Gasteiger partial charge >= 0.3 is 0 Å². The largest absolute Gasteiger partial charge is 0.409 e. The van der Waals surface area contributed by atoms with Crippen LogP contribution in [0.5, 0.6) is 0 Å². The van der Waals surface area contributed by atoms with Crippen molar-refractivity contribution in [1.29, 1.82) is 0 Å². The lowest BCUT2D eigenvalue weighted by Gasteiger charge is -2.12. The van der Waals surface area contributed by atoms with Crippen LogP contribution in [0.3, 0.4) is 0 Å². The fourth-order valence-electron chi connectivity index (χ4n) is 1.39. The molecule has 90 valence electrons. The lowest BCUT2D eigenvalue weighted by molar-refractivity contribution is 0.318. The van der Waals surface area contributed by atoms with Crippen molar-refractivity contribution in [2.24, 2.45) is 10.9 Å². The molecule has 0 saturated carbocycles. The highest BCUT2D eigenvalue weighted by atomic mass is 16.4. The second kappa shape index (κ2) is 6.51. The molecule has 1 atom stereocenters. The van der Waals surface area contributed by atoms with Gasteiger partial charge in [0, 0.05) is 25.2 Å². The van der Waals surface area contributed by atoms with E-state index in [1.165, 1.54) is 0 Å². The van der Waals surface area contributed by atoms with Gasteiger partial charge in [-0.25, -0.2) is 0 Å². The van der Waals surface area contributed by atoms with Crippen LogP contribution in [-0.4, -0.2) is 22.1 Å². The minimum atomic E-state index is 0.00648. The number of nitrogens with one attached hydrogen (secondary N) is 1. The molecule has 1 unspecified atom stereocenters. The zero-order valence-electron chi connectivity index (χ0n) is 9.72. The third-order valence-electron chi connectivity index (χ3n) is 2.31. The predicted molar refractivity (Wildman–Crippen MR) is 66.5 cm³/mol. The van der Waals surface area contributed by atoms with E-state index in [-0.39, 0.29) is 11.9 Å². The third kappa shape index (κ3) is 3.78. The van der Waals surface area contributed by atoms with Crippen LogP contribution in [0.2, 0.25) is 0 Å². The standard InChI is InChI=1S/C12H16N4O/c1-3-5-9(2)15-8-10-6-4-7-14-11(10)12(13)16-17/h1,4,6-7,9,15,17H,5,8H2,2H3,(H2,13,16). The molecular weight excluding hydrogens is 216 g/mol. The van der Waals surface area contributed by atoms with E-state index < -0.39 is 0 Å². The molecule has 0 aliphatic rings. The topological polar surface area (TPSA) is 83.5 Å². The zero-order chi connectivity index (χ0) is 12.7. The summed E-state index contributed by atoms with van der Waals surface area (Å²) in [5.74, 6) is 2.59. The average molecular weight is 232 g/mol. The first-order valence-electron chi connectivity index (χ1n) is 5.27. The molecule has 0 spiro atoms. The van der Waals surface area contributed by atoms with Crippen molar-refractivity contribution in [2.45, 2.75) is 25.9 Å². The number of pyridine rings is 1. The van der Waals surface area contributed by atoms with E-state index in [1.54, 1.807) is 12.3 Å². The molecule has 0 saturated heterocycles. The van der Waals surface area contributed by atoms with Crippen LogP contribution in [-0.2, 0) is 6.54 Å². The molecule has 0 amide bonds. The third-order valence-corrected chi connectivity index (χ3v) is 2.31. The van der Waals surface area contributed by atoms with Gasteiger partial charge in [0.05, 0.1) is 0 Å². The van der Waals surface area contributed by atoms with Gasteiger partial charge in [0.2, 0.25) is 0 Å². The molecule has 1 heterocycles. The van der Waals surface area contributed by atoms with Crippen LogP contribution >= 0.6 is 0 Å². The molecule has 17 heavy (non-hydrogen) atoms. The van der Waals surface area contributed by atoms with Crippen molar-refractivity contribution in [3.63, 3.8) is 0 Å².